The summed E-state index contributed by atoms with van der Waals surface area (Å²) in [6.07, 6.45) is 1.52. The van der Waals surface area contributed by atoms with Crippen molar-refractivity contribution in [1.82, 2.24) is 14.5 Å². The number of pyridine rings is 1. The number of benzene rings is 6. The van der Waals surface area contributed by atoms with Gasteiger partial charge in [-0.2, -0.15) is 0 Å². The van der Waals surface area contributed by atoms with Gasteiger partial charge in [-0.1, -0.05) is 168 Å². The van der Waals surface area contributed by atoms with Crippen LogP contribution in [0, 0.1) is 6.85 Å². The van der Waals surface area contributed by atoms with E-state index in [9.17, 15) is 5.11 Å². The molecule has 63 heavy (non-hydrogen) atoms. The van der Waals surface area contributed by atoms with Crippen molar-refractivity contribution in [3.8, 4) is 67.5 Å². The minimum absolute atomic E-state index is 0.0309. The summed E-state index contributed by atoms with van der Waals surface area (Å²) in [5.41, 5.74) is 4.29. The molecule has 0 aliphatic carbocycles. The molecule has 0 bridgehead atoms. The van der Waals surface area contributed by atoms with E-state index in [4.69, 9.17) is 26.4 Å². The van der Waals surface area contributed by atoms with Gasteiger partial charge < -0.3 is 5.11 Å². The van der Waals surface area contributed by atoms with Gasteiger partial charge in [-0.05, 0) is 127 Å². The lowest BCUT2D eigenvalue weighted by molar-refractivity contribution is 0.446. The van der Waals surface area contributed by atoms with Gasteiger partial charge in [0.25, 0.3) is 0 Å². The lowest BCUT2D eigenvalue weighted by Crippen LogP contribution is -2.17. The number of hydrogen-bond donors (Lipinski definition) is 1. The Labute approximate surface area is 392 Å². The van der Waals surface area contributed by atoms with Gasteiger partial charge >= 0.3 is 0 Å². The number of imidazole rings is 1. The molecule has 0 amide bonds. The molecule has 4 heteroatoms. The van der Waals surface area contributed by atoms with Crippen LogP contribution in [0.5, 0.6) is 5.75 Å². The Morgan fingerprint density at radius 2 is 1.19 bits per heavy atom. The van der Waals surface area contributed by atoms with Crippen molar-refractivity contribution in [3.05, 3.63) is 167 Å². The zero-order chi connectivity index (χ0) is 55.2. The molecule has 8 rings (SSSR count). The Morgan fingerprint density at radius 3 is 1.89 bits per heavy atom. The smallest absolute Gasteiger partial charge is 0.149 e. The topological polar surface area (TPSA) is 50.9 Å². The maximum Gasteiger partial charge on any atom is 0.149 e. The van der Waals surface area contributed by atoms with Crippen LogP contribution in [-0.4, -0.2) is 19.6 Å². The molecule has 4 nitrogen and oxygen atoms in total. The number of hydrogen-bond acceptors (Lipinski definition) is 3. The number of aryl methyl sites for hydroxylation is 1. The molecule has 0 radical (unpaired) electrons. The Bertz CT molecular complexity index is 3420. The largest absolute Gasteiger partial charge is 0.507 e. The van der Waals surface area contributed by atoms with Crippen molar-refractivity contribution in [2.75, 3.05) is 0 Å². The van der Waals surface area contributed by atoms with Crippen LogP contribution < -0.4 is 0 Å². The summed E-state index contributed by atoms with van der Waals surface area (Å²) < 4.78 is 105. The van der Waals surface area contributed by atoms with Crippen LogP contribution in [0.4, 0.5) is 0 Å². The highest BCUT2D eigenvalue weighted by atomic mass is 16.3. The molecule has 320 valence electrons. The molecular weight excluding hydrogens is 767 g/mol. The number of phenolic OH excluding ortho intramolecular Hbond substituents is 1. The zero-order valence-corrected chi connectivity index (χ0v) is 37.6. The minimum Gasteiger partial charge on any atom is -0.507 e. The van der Waals surface area contributed by atoms with Crippen molar-refractivity contribution in [3.63, 3.8) is 0 Å². The maximum atomic E-state index is 12.5. The van der Waals surface area contributed by atoms with Gasteiger partial charge in [-0.15, -0.1) is 0 Å². The number of aromatic hydroxyl groups is 1. The third-order valence-corrected chi connectivity index (χ3v) is 11.9. The Morgan fingerprint density at radius 1 is 0.508 bits per heavy atom. The van der Waals surface area contributed by atoms with Gasteiger partial charge in [0.1, 0.15) is 11.6 Å². The molecular formula is C59H63N3O. The second-order valence-corrected chi connectivity index (χ2v) is 19.7. The molecule has 0 aliphatic heterocycles. The molecule has 0 fully saturated rings. The summed E-state index contributed by atoms with van der Waals surface area (Å²) in [5, 5.41) is 12.5. The van der Waals surface area contributed by atoms with E-state index >= 15 is 0 Å². The average Bonchev–Trinajstić information content (AvgIpc) is 3.69. The van der Waals surface area contributed by atoms with E-state index in [1.807, 2.05) is 110 Å². The number of phenols is 1. The third-order valence-electron chi connectivity index (χ3n) is 11.9. The van der Waals surface area contributed by atoms with Crippen LogP contribution in [0.3, 0.4) is 0 Å². The first-order valence-electron chi connectivity index (χ1n) is 27.4. The molecule has 8 aromatic rings. The quantitative estimate of drug-likeness (QED) is 0.181. The Kier molecular flexibility index (Phi) is 7.72. The fourth-order valence-electron chi connectivity index (χ4n) is 8.29. The van der Waals surface area contributed by atoms with Crippen molar-refractivity contribution in [2.24, 2.45) is 0 Å². The summed E-state index contributed by atoms with van der Waals surface area (Å²) in [7, 11) is 0. The van der Waals surface area contributed by atoms with E-state index in [0.29, 0.717) is 56.1 Å². The van der Waals surface area contributed by atoms with Gasteiger partial charge in [-0.3, -0.25) is 9.55 Å². The first kappa shape index (κ1) is 30.7. The van der Waals surface area contributed by atoms with Crippen LogP contribution >= 0.6 is 0 Å². The predicted octanol–water partition coefficient (Wildman–Crippen LogP) is 16.0. The number of nitrogens with zero attached hydrogens (tertiary/aromatic N) is 3. The number of para-hydroxylation sites is 1. The molecule has 0 unspecified atom stereocenters. The van der Waals surface area contributed by atoms with Crippen LogP contribution in [-0.2, 0) is 21.7 Å². The van der Waals surface area contributed by atoms with Crippen molar-refractivity contribution >= 4 is 11.0 Å². The van der Waals surface area contributed by atoms with Crippen LogP contribution in [0.1, 0.15) is 127 Å². The van der Waals surface area contributed by atoms with E-state index in [1.54, 1.807) is 24.3 Å². The first-order chi connectivity index (χ1) is 34.6. The van der Waals surface area contributed by atoms with Crippen molar-refractivity contribution < 1.29 is 21.6 Å². The fourth-order valence-corrected chi connectivity index (χ4v) is 8.29. The van der Waals surface area contributed by atoms with E-state index in [0.717, 1.165) is 27.8 Å². The average molecular weight is 842 g/mol. The van der Waals surface area contributed by atoms with Crippen molar-refractivity contribution in [1.29, 1.82) is 0 Å². The molecule has 0 saturated heterocycles. The Hall–Kier alpha value is -6.26. The molecule has 1 N–H and O–H groups in total. The third kappa shape index (κ3) is 8.48. The summed E-state index contributed by atoms with van der Waals surface area (Å²) in [6.45, 7) is 5.67. The molecule has 0 saturated carbocycles. The summed E-state index contributed by atoms with van der Waals surface area (Å²) in [5.74, 6) is 0.371. The van der Waals surface area contributed by atoms with E-state index in [2.05, 4.69) is 47.6 Å². The maximum absolute atomic E-state index is 12.5. The SMILES string of the molecule is [2H]C([2H])([2H])c1cc(-c2ccccc2)ccc1-n1c(-c2cc(C(C)(C)C)cc(C(C)(C)C)c2O)nc2c(-c3cc(-c4cc(-c5ccccc5C(C([2H])([2H])[2H])(C([2H])([2H])[2H])C([2H])([2H])[2H])ccn4)cc(C(C)(C)C)c3)cccc21. The molecule has 6 aromatic carbocycles. The van der Waals surface area contributed by atoms with Gasteiger partial charge in [0.15, 0.2) is 0 Å². The number of rotatable bonds is 6. The summed E-state index contributed by atoms with van der Waals surface area (Å²) in [4.78, 5) is 10.2. The van der Waals surface area contributed by atoms with E-state index < -0.39 is 43.7 Å². The number of fused-ring (bicyclic) bond motifs is 1. The highest BCUT2D eigenvalue weighted by Crippen LogP contribution is 2.45. The van der Waals surface area contributed by atoms with E-state index in [-0.39, 0.29) is 27.9 Å². The summed E-state index contributed by atoms with van der Waals surface area (Å²) in [6, 6.07) is 39.9. The van der Waals surface area contributed by atoms with Gasteiger partial charge in [0, 0.05) is 39.3 Å². The Balaban J connectivity index is 1.43. The molecule has 2 aromatic heterocycles. The molecule has 2 heterocycles. The van der Waals surface area contributed by atoms with Crippen LogP contribution in [0.25, 0.3) is 72.7 Å². The molecule has 0 spiro atoms. The lowest BCUT2D eigenvalue weighted by atomic mass is 9.79. The zero-order valence-electron chi connectivity index (χ0n) is 49.6. The van der Waals surface area contributed by atoms with Gasteiger partial charge in [-0.25, -0.2) is 4.98 Å². The normalized spacial score (nSPS) is 16.2. The first-order valence-corrected chi connectivity index (χ1v) is 21.4. The fraction of sp³-hybridized carbons (Fsp3) is 0.288. The van der Waals surface area contributed by atoms with Gasteiger partial charge in [0.2, 0.25) is 0 Å². The highest BCUT2D eigenvalue weighted by molar-refractivity contribution is 5.97. The summed E-state index contributed by atoms with van der Waals surface area (Å²) >= 11 is 0. The highest BCUT2D eigenvalue weighted by Gasteiger charge is 2.29. The lowest BCUT2D eigenvalue weighted by Gasteiger charge is -2.27. The van der Waals surface area contributed by atoms with Gasteiger partial charge in [0.05, 0.1) is 28.0 Å². The molecule has 0 atom stereocenters. The monoisotopic (exact) mass is 842 g/mol. The molecule has 0 aliphatic rings. The van der Waals surface area contributed by atoms with Crippen LogP contribution in [0.15, 0.2) is 140 Å². The minimum atomic E-state index is -3.47. The second-order valence-electron chi connectivity index (χ2n) is 19.7. The standard InChI is InChI=1S/C59H63N3O/c1-37-30-39(38-20-15-14-16-21-38)26-27-51(37)62-52-25-19-23-46(53(52)61-55(62)47-35-44(57(5,6)7)36-49(54(47)63)59(11,12)13)41-31-42(33-43(32-41)56(2,3)4)50-34-40(28-29-60-50)45-22-17-18-24-48(45)58(8,9)10/h14-36,63H,1-13H3/i1D3,8D3,9D3,10D3. The van der Waals surface area contributed by atoms with Crippen LogP contribution in [0.2, 0.25) is 0 Å². The van der Waals surface area contributed by atoms with Crippen molar-refractivity contribution in [2.45, 2.75) is 111 Å². The predicted molar refractivity (Wildman–Crippen MR) is 267 cm³/mol. The second kappa shape index (κ2) is 15.8. The number of aromatic nitrogens is 3. The van der Waals surface area contributed by atoms with E-state index in [1.165, 1.54) is 24.4 Å².